The monoisotopic (exact) mass is 533 g/mol. The maximum absolute atomic E-state index is 12.9. The van der Waals surface area contributed by atoms with E-state index in [1.807, 2.05) is 54.9 Å². The predicted molar refractivity (Wildman–Crippen MR) is 152 cm³/mol. The van der Waals surface area contributed by atoms with Gasteiger partial charge in [0.1, 0.15) is 4.83 Å². The molecule has 0 aliphatic heterocycles. The van der Waals surface area contributed by atoms with E-state index in [1.54, 1.807) is 17.5 Å². The van der Waals surface area contributed by atoms with Gasteiger partial charge in [0.25, 0.3) is 0 Å². The third-order valence-corrected chi connectivity index (χ3v) is 7.96. The van der Waals surface area contributed by atoms with Crippen molar-refractivity contribution in [2.75, 3.05) is 0 Å². The van der Waals surface area contributed by atoms with Gasteiger partial charge in [0.2, 0.25) is 0 Å². The highest BCUT2D eigenvalue weighted by atomic mass is 32.1. The van der Waals surface area contributed by atoms with Gasteiger partial charge in [-0.25, -0.2) is 4.98 Å². The van der Waals surface area contributed by atoms with Gasteiger partial charge in [0.05, 0.1) is 16.8 Å². The number of fused-ring (bicyclic) bond motifs is 4. The summed E-state index contributed by atoms with van der Waals surface area (Å²) in [5.74, 6) is 0. The molecule has 0 spiro atoms. The van der Waals surface area contributed by atoms with Crippen LogP contribution < -0.4 is 0 Å². The largest absolute Gasteiger partial charge is 0.416 e. The van der Waals surface area contributed by atoms with E-state index >= 15 is 0 Å². The average Bonchev–Trinajstić information content (AvgIpc) is 3.34. The molecule has 0 aliphatic carbocycles. The number of aromatic nitrogens is 3. The van der Waals surface area contributed by atoms with Gasteiger partial charge in [-0.05, 0) is 65.7 Å². The lowest BCUT2D eigenvalue weighted by atomic mass is 10.0. The Morgan fingerprint density at radius 1 is 0.590 bits per heavy atom. The van der Waals surface area contributed by atoms with Crippen LogP contribution in [0.25, 0.3) is 64.7 Å². The van der Waals surface area contributed by atoms with Crippen LogP contribution in [-0.4, -0.2) is 15.0 Å². The fourth-order valence-corrected chi connectivity index (χ4v) is 5.84. The molecule has 0 radical (unpaired) electrons. The number of rotatable bonds is 3. The number of halogens is 3. The van der Waals surface area contributed by atoms with Gasteiger partial charge in [0.15, 0.2) is 0 Å². The van der Waals surface area contributed by atoms with Crippen molar-refractivity contribution in [1.29, 1.82) is 0 Å². The molecule has 3 nitrogen and oxygen atoms in total. The van der Waals surface area contributed by atoms with E-state index in [0.29, 0.717) is 5.56 Å². The molecule has 188 valence electrons. The second-order valence-corrected chi connectivity index (χ2v) is 10.3. The Hall–Kier alpha value is -4.62. The summed E-state index contributed by atoms with van der Waals surface area (Å²) in [5, 5.41) is 3.27. The van der Waals surface area contributed by atoms with E-state index < -0.39 is 11.7 Å². The van der Waals surface area contributed by atoms with Gasteiger partial charge >= 0.3 is 6.18 Å². The maximum atomic E-state index is 12.9. The molecule has 4 heterocycles. The van der Waals surface area contributed by atoms with Crippen LogP contribution in [0.1, 0.15) is 5.56 Å². The minimum Gasteiger partial charge on any atom is -0.256 e. The van der Waals surface area contributed by atoms with E-state index in [-0.39, 0.29) is 0 Å². The number of hydrogen-bond donors (Lipinski definition) is 0. The summed E-state index contributed by atoms with van der Waals surface area (Å²) in [6, 6.07) is 27.5. The Kier molecular flexibility index (Phi) is 5.42. The first kappa shape index (κ1) is 23.5. The van der Waals surface area contributed by atoms with Crippen LogP contribution in [0, 0.1) is 0 Å². The first-order valence-corrected chi connectivity index (χ1v) is 13.1. The van der Waals surface area contributed by atoms with Gasteiger partial charge in [-0.1, -0.05) is 36.4 Å². The third kappa shape index (κ3) is 4.30. The molecule has 39 heavy (non-hydrogen) atoms. The third-order valence-electron chi connectivity index (χ3n) is 6.87. The highest BCUT2D eigenvalue weighted by molar-refractivity contribution is 7.25. The normalized spacial score (nSPS) is 12.0. The van der Waals surface area contributed by atoms with Crippen molar-refractivity contribution in [3.8, 4) is 33.5 Å². The molecule has 0 unspecified atom stereocenters. The lowest BCUT2D eigenvalue weighted by Crippen LogP contribution is -2.03. The zero-order valence-corrected chi connectivity index (χ0v) is 21.1. The van der Waals surface area contributed by atoms with E-state index in [4.69, 9.17) is 4.98 Å². The van der Waals surface area contributed by atoms with Crippen LogP contribution in [-0.2, 0) is 6.18 Å². The van der Waals surface area contributed by atoms with Crippen molar-refractivity contribution in [2.45, 2.75) is 6.18 Å². The van der Waals surface area contributed by atoms with Crippen molar-refractivity contribution in [3.05, 3.63) is 115 Å². The summed E-state index contributed by atoms with van der Waals surface area (Å²) in [6.45, 7) is 0. The SMILES string of the molecule is FC(F)(F)c1ccc(-c2ccc3cc(-c4ccc(-c5ccc6sc7ncccc7c6c5)nc4)cnc3c2)cc1. The van der Waals surface area contributed by atoms with Crippen LogP contribution in [0.15, 0.2) is 110 Å². The fourth-order valence-electron chi connectivity index (χ4n) is 4.82. The quantitative estimate of drug-likeness (QED) is 0.227. The molecule has 7 aromatic rings. The number of benzene rings is 3. The molecule has 7 heteroatoms. The summed E-state index contributed by atoms with van der Waals surface area (Å²) in [5.41, 5.74) is 5.46. The van der Waals surface area contributed by atoms with E-state index in [1.165, 1.54) is 22.2 Å². The smallest absolute Gasteiger partial charge is 0.256 e. The highest BCUT2D eigenvalue weighted by Gasteiger charge is 2.30. The molecule has 0 saturated heterocycles. The molecule has 0 N–H and O–H groups in total. The average molecular weight is 534 g/mol. The second kappa shape index (κ2) is 8.99. The first-order chi connectivity index (χ1) is 18.9. The van der Waals surface area contributed by atoms with Crippen LogP contribution in [0.4, 0.5) is 13.2 Å². The number of pyridine rings is 3. The molecule has 3 aromatic carbocycles. The number of hydrogen-bond acceptors (Lipinski definition) is 4. The fraction of sp³-hybridized carbons (Fsp3) is 0.0312. The molecule has 0 atom stereocenters. The van der Waals surface area contributed by atoms with E-state index in [0.717, 1.165) is 61.2 Å². The summed E-state index contributed by atoms with van der Waals surface area (Å²) in [6.07, 6.45) is 1.12. The molecular formula is C32H18F3N3S. The van der Waals surface area contributed by atoms with Crippen molar-refractivity contribution >= 4 is 42.5 Å². The Morgan fingerprint density at radius 3 is 2.15 bits per heavy atom. The lowest BCUT2D eigenvalue weighted by molar-refractivity contribution is -0.137. The standard InChI is InChI=1S/C32H18F3N3S/c33-32(34,35)25-9-5-19(6-10-25)20-3-4-21-14-24(18-38-29(21)16-20)23-7-11-28(37-17-23)22-8-12-30-27(15-22)26-2-1-13-36-31(26)39-30/h1-18H. The predicted octanol–water partition coefficient (Wildman–Crippen LogP) is 9.41. The van der Waals surface area contributed by atoms with E-state index in [2.05, 4.69) is 34.2 Å². The lowest BCUT2D eigenvalue weighted by Gasteiger charge is -2.09. The van der Waals surface area contributed by atoms with Crippen molar-refractivity contribution in [1.82, 2.24) is 15.0 Å². The van der Waals surface area contributed by atoms with Gasteiger partial charge < -0.3 is 0 Å². The Labute approximate surface area is 225 Å². The van der Waals surface area contributed by atoms with Crippen LogP contribution in [0.2, 0.25) is 0 Å². The minimum absolute atomic E-state index is 0.660. The van der Waals surface area contributed by atoms with Crippen LogP contribution in [0.3, 0.4) is 0 Å². The second-order valence-electron chi connectivity index (χ2n) is 9.31. The number of thiophene rings is 1. The van der Waals surface area contributed by atoms with Crippen molar-refractivity contribution in [2.24, 2.45) is 0 Å². The molecular weight excluding hydrogens is 515 g/mol. The van der Waals surface area contributed by atoms with Crippen molar-refractivity contribution in [3.63, 3.8) is 0 Å². The molecule has 0 saturated carbocycles. The zero-order valence-electron chi connectivity index (χ0n) is 20.3. The number of alkyl halides is 3. The van der Waals surface area contributed by atoms with Gasteiger partial charge in [-0.15, -0.1) is 11.3 Å². The summed E-state index contributed by atoms with van der Waals surface area (Å²) in [7, 11) is 0. The van der Waals surface area contributed by atoms with Gasteiger partial charge in [0, 0.05) is 56.1 Å². The van der Waals surface area contributed by atoms with E-state index in [9.17, 15) is 13.2 Å². The molecule has 0 fully saturated rings. The Balaban J connectivity index is 1.17. The van der Waals surface area contributed by atoms with Crippen molar-refractivity contribution < 1.29 is 13.2 Å². The summed E-state index contributed by atoms with van der Waals surface area (Å²) in [4.78, 5) is 14.9. The first-order valence-electron chi connectivity index (χ1n) is 12.2. The van der Waals surface area contributed by atoms with Gasteiger partial charge in [-0.2, -0.15) is 13.2 Å². The molecule has 0 amide bonds. The van der Waals surface area contributed by atoms with Crippen LogP contribution >= 0.6 is 11.3 Å². The topological polar surface area (TPSA) is 38.7 Å². The molecule has 0 bridgehead atoms. The minimum atomic E-state index is -4.35. The maximum Gasteiger partial charge on any atom is 0.416 e. The van der Waals surface area contributed by atoms with Gasteiger partial charge in [-0.3, -0.25) is 9.97 Å². The molecule has 4 aromatic heterocycles. The summed E-state index contributed by atoms with van der Waals surface area (Å²) < 4.78 is 39.9. The summed E-state index contributed by atoms with van der Waals surface area (Å²) >= 11 is 1.69. The number of nitrogens with zero attached hydrogens (tertiary/aromatic N) is 3. The Bertz CT molecular complexity index is 1990. The molecule has 0 aliphatic rings. The highest BCUT2D eigenvalue weighted by Crippen LogP contribution is 2.36. The molecule has 7 rings (SSSR count). The Morgan fingerprint density at radius 2 is 1.36 bits per heavy atom. The zero-order chi connectivity index (χ0) is 26.6. The van der Waals surface area contributed by atoms with Crippen LogP contribution in [0.5, 0.6) is 0 Å².